The van der Waals surface area contributed by atoms with Crippen LogP contribution in [0.2, 0.25) is 0 Å². The predicted octanol–water partition coefficient (Wildman–Crippen LogP) is 0.805. The standard InChI is InChI=1S/C8H15NO/c1-5-6(2)8(4,10)7(5,3)9/h10H,9H2,1-4H3. The average Bonchev–Trinajstić information content (AvgIpc) is 1.84. The van der Waals surface area contributed by atoms with Gasteiger partial charge in [0.2, 0.25) is 0 Å². The smallest absolute Gasteiger partial charge is 0.104 e. The first-order chi connectivity index (χ1) is 4.32. The van der Waals surface area contributed by atoms with Gasteiger partial charge < -0.3 is 10.8 Å². The summed E-state index contributed by atoms with van der Waals surface area (Å²) in [7, 11) is 0. The van der Waals surface area contributed by atoms with E-state index in [0.29, 0.717) is 0 Å². The second kappa shape index (κ2) is 1.63. The van der Waals surface area contributed by atoms with Gasteiger partial charge in [-0.2, -0.15) is 0 Å². The second-order valence-corrected chi connectivity index (χ2v) is 3.52. The Morgan fingerprint density at radius 3 is 1.70 bits per heavy atom. The van der Waals surface area contributed by atoms with E-state index >= 15 is 0 Å². The highest BCUT2D eigenvalue weighted by Gasteiger charge is 2.52. The molecule has 0 fully saturated rings. The van der Waals surface area contributed by atoms with E-state index in [2.05, 4.69) is 0 Å². The van der Waals surface area contributed by atoms with Gasteiger partial charge in [0, 0.05) is 0 Å². The quantitative estimate of drug-likeness (QED) is 0.490. The van der Waals surface area contributed by atoms with Gasteiger partial charge in [-0.05, 0) is 38.8 Å². The predicted molar refractivity (Wildman–Crippen MR) is 41.6 cm³/mol. The molecular formula is C8H15NO. The zero-order chi connectivity index (χ0) is 8.15. The Bertz CT molecular complexity index is 179. The summed E-state index contributed by atoms with van der Waals surface area (Å²) >= 11 is 0. The lowest BCUT2D eigenvalue weighted by molar-refractivity contribution is 0.00977. The molecule has 0 amide bonds. The van der Waals surface area contributed by atoms with E-state index < -0.39 is 11.1 Å². The molecule has 0 spiro atoms. The minimum Gasteiger partial charge on any atom is -0.384 e. The molecule has 1 rings (SSSR count). The van der Waals surface area contributed by atoms with E-state index in [4.69, 9.17) is 5.73 Å². The highest BCUT2D eigenvalue weighted by Crippen LogP contribution is 2.44. The second-order valence-electron chi connectivity index (χ2n) is 3.52. The van der Waals surface area contributed by atoms with Gasteiger partial charge in [0.25, 0.3) is 0 Å². The zero-order valence-electron chi connectivity index (χ0n) is 7.02. The van der Waals surface area contributed by atoms with Crippen LogP contribution in [0.5, 0.6) is 0 Å². The molecule has 3 N–H and O–H groups in total. The molecule has 0 bridgehead atoms. The van der Waals surface area contributed by atoms with Crippen LogP contribution < -0.4 is 5.73 Å². The van der Waals surface area contributed by atoms with Crippen LogP contribution in [0.4, 0.5) is 0 Å². The first kappa shape index (κ1) is 7.76. The fourth-order valence-corrected chi connectivity index (χ4v) is 1.45. The lowest BCUT2D eigenvalue weighted by Crippen LogP contribution is -2.65. The van der Waals surface area contributed by atoms with Crippen LogP contribution in [0.3, 0.4) is 0 Å². The summed E-state index contributed by atoms with van der Waals surface area (Å²) in [5, 5.41) is 9.70. The van der Waals surface area contributed by atoms with Crippen molar-refractivity contribution in [3.05, 3.63) is 11.1 Å². The lowest BCUT2D eigenvalue weighted by Gasteiger charge is -2.51. The number of hydrogen-bond donors (Lipinski definition) is 2. The maximum absolute atomic E-state index is 9.70. The molecule has 2 unspecified atom stereocenters. The van der Waals surface area contributed by atoms with Crippen molar-refractivity contribution in [3.8, 4) is 0 Å². The minimum absolute atomic E-state index is 0.517. The van der Waals surface area contributed by atoms with Crippen molar-refractivity contribution < 1.29 is 5.11 Å². The third-order valence-electron chi connectivity index (χ3n) is 3.08. The van der Waals surface area contributed by atoms with Gasteiger partial charge in [-0.3, -0.25) is 0 Å². The molecule has 0 aromatic carbocycles. The number of hydrogen-bond acceptors (Lipinski definition) is 2. The molecule has 0 heterocycles. The van der Waals surface area contributed by atoms with Crippen LogP contribution in [0.15, 0.2) is 11.1 Å². The first-order valence-corrected chi connectivity index (χ1v) is 3.51. The van der Waals surface area contributed by atoms with E-state index in [0.717, 1.165) is 11.1 Å². The largest absolute Gasteiger partial charge is 0.384 e. The minimum atomic E-state index is -0.795. The number of nitrogens with two attached hydrogens (primary N) is 1. The summed E-state index contributed by atoms with van der Waals surface area (Å²) in [5.41, 5.74) is 6.63. The maximum Gasteiger partial charge on any atom is 0.104 e. The zero-order valence-corrected chi connectivity index (χ0v) is 7.02. The fourth-order valence-electron chi connectivity index (χ4n) is 1.45. The van der Waals surface area contributed by atoms with Crippen molar-refractivity contribution >= 4 is 0 Å². The first-order valence-electron chi connectivity index (χ1n) is 3.51. The molecule has 2 atom stereocenters. The van der Waals surface area contributed by atoms with Crippen LogP contribution in [0.1, 0.15) is 27.7 Å². The van der Waals surface area contributed by atoms with Gasteiger partial charge >= 0.3 is 0 Å². The van der Waals surface area contributed by atoms with Crippen LogP contribution >= 0.6 is 0 Å². The summed E-state index contributed by atoms with van der Waals surface area (Å²) in [4.78, 5) is 0. The third kappa shape index (κ3) is 0.559. The molecule has 1 aliphatic carbocycles. The van der Waals surface area contributed by atoms with Gasteiger partial charge in [-0.1, -0.05) is 0 Å². The highest BCUT2D eigenvalue weighted by molar-refractivity contribution is 5.46. The lowest BCUT2D eigenvalue weighted by atomic mass is 9.62. The van der Waals surface area contributed by atoms with Gasteiger partial charge in [0.1, 0.15) is 5.60 Å². The molecule has 2 nitrogen and oxygen atoms in total. The van der Waals surface area contributed by atoms with Gasteiger partial charge in [0.05, 0.1) is 5.54 Å². The summed E-state index contributed by atoms with van der Waals surface area (Å²) in [6, 6.07) is 0. The van der Waals surface area contributed by atoms with Gasteiger partial charge in [-0.15, -0.1) is 0 Å². The summed E-state index contributed by atoms with van der Waals surface area (Å²) in [6.07, 6.45) is 0. The van der Waals surface area contributed by atoms with E-state index in [1.54, 1.807) is 6.92 Å². The maximum atomic E-state index is 9.70. The van der Waals surface area contributed by atoms with Crippen LogP contribution in [0.25, 0.3) is 0 Å². The molecule has 0 radical (unpaired) electrons. The van der Waals surface area contributed by atoms with Gasteiger partial charge in [0.15, 0.2) is 0 Å². The Morgan fingerprint density at radius 2 is 1.60 bits per heavy atom. The van der Waals surface area contributed by atoms with E-state index in [-0.39, 0.29) is 0 Å². The van der Waals surface area contributed by atoms with E-state index in [1.165, 1.54) is 0 Å². The fraction of sp³-hybridized carbons (Fsp3) is 0.750. The molecule has 1 aliphatic rings. The third-order valence-corrected chi connectivity index (χ3v) is 3.08. The molecule has 10 heavy (non-hydrogen) atoms. The van der Waals surface area contributed by atoms with Crippen molar-refractivity contribution in [2.24, 2.45) is 5.73 Å². The van der Waals surface area contributed by atoms with Crippen LogP contribution in [-0.2, 0) is 0 Å². The Kier molecular flexibility index (Phi) is 1.26. The molecule has 58 valence electrons. The molecule has 0 saturated carbocycles. The molecule has 0 saturated heterocycles. The topological polar surface area (TPSA) is 46.2 Å². The molecule has 0 aromatic heterocycles. The van der Waals surface area contributed by atoms with E-state index in [1.807, 2.05) is 20.8 Å². The van der Waals surface area contributed by atoms with Crippen LogP contribution in [0, 0.1) is 0 Å². The average molecular weight is 141 g/mol. The molecule has 2 heteroatoms. The number of aliphatic hydroxyl groups is 1. The SMILES string of the molecule is CC1=C(C)C(C)(O)C1(C)N. The van der Waals surface area contributed by atoms with Crippen molar-refractivity contribution in [1.29, 1.82) is 0 Å². The summed E-state index contributed by atoms with van der Waals surface area (Å²) in [6.45, 7) is 7.50. The number of rotatable bonds is 0. The monoisotopic (exact) mass is 141 g/mol. The molecular weight excluding hydrogens is 126 g/mol. The Hall–Kier alpha value is -0.340. The van der Waals surface area contributed by atoms with Gasteiger partial charge in [-0.25, -0.2) is 0 Å². The summed E-state index contributed by atoms with van der Waals surface area (Å²) in [5.74, 6) is 0. The van der Waals surface area contributed by atoms with Crippen molar-refractivity contribution in [1.82, 2.24) is 0 Å². The summed E-state index contributed by atoms with van der Waals surface area (Å²) < 4.78 is 0. The van der Waals surface area contributed by atoms with Crippen molar-refractivity contribution in [3.63, 3.8) is 0 Å². The Labute approximate surface area is 61.7 Å². The molecule has 0 aromatic rings. The Morgan fingerprint density at radius 1 is 1.20 bits per heavy atom. The van der Waals surface area contributed by atoms with E-state index in [9.17, 15) is 5.11 Å². The Balaban J connectivity index is 3.10. The van der Waals surface area contributed by atoms with Crippen molar-refractivity contribution in [2.75, 3.05) is 0 Å². The highest BCUT2D eigenvalue weighted by atomic mass is 16.3. The molecule has 0 aliphatic heterocycles. The van der Waals surface area contributed by atoms with Crippen molar-refractivity contribution in [2.45, 2.75) is 38.8 Å². The van der Waals surface area contributed by atoms with Crippen LogP contribution in [-0.4, -0.2) is 16.2 Å². The normalized spacial score (nSPS) is 47.4.